The molecule has 0 unspecified atom stereocenters. The minimum absolute atomic E-state index is 0.324. The van der Waals surface area contributed by atoms with Gasteiger partial charge in [-0.15, -0.1) is 0 Å². The van der Waals surface area contributed by atoms with Crippen molar-refractivity contribution in [2.75, 3.05) is 19.1 Å². The van der Waals surface area contributed by atoms with Crippen molar-refractivity contribution in [1.29, 1.82) is 0 Å². The van der Waals surface area contributed by atoms with Gasteiger partial charge in [-0.05, 0) is 38.1 Å². The molecule has 1 heterocycles. The van der Waals surface area contributed by atoms with E-state index in [0.29, 0.717) is 12.4 Å². The number of carbonyl (C=O) groups excluding carboxylic acids is 1. The van der Waals surface area contributed by atoms with Crippen LogP contribution >= 0.6 is 0 Å². The van der Waals surface area contributed by atoms with Crippen LogP contribution in [0.15, 0.2) is 30.5 Å². The highest BCUT2D eigenvalue weighted by Gasteiger charge is 2.09. The molecular weight excluding hydrogens is 258 g/mol. The Balaban J connectivity index is 2.19. The molecule has 6 heteroatoms. The van der Waals surface area contributed by atoms with Crippen molar-refractivity contribution in [1.82, 2.24) is 9.66 Å². The Labute approximate surface area is 117 Å². The lowest BCUT2D eigenvalue weighted by Crippen LogP contribution is -2.23. The van der Waals surface area contributed by atoms with Crippen LogP contribution in [-0.2, 0) is 4.74 Å². The largest absolute Gasteiger partial charge is 0.497 e. The molecule has 0 fully saturated rings. The molecule has 0 aliphatic rings. The molecule has 1 aromatic heterocycles. The molecule has 0 radical (unpaired) electrons. The average molecular weight is 275 g/mol. The molecule has 0 aliphatic heterocycles. The van der Waals surface area contributed by atoms with Crippen LogP contribution in [0.4, 0.5) is 4.79 Å². The Morgan fingerprint density at radius 1 is 1.35 bits per heavy atom. The summed E-state index contributed by atoms with van der Waals surface area (Å²) in [7, 11) is 1.62. The zero-order valence-corrected chi connectivity index (χ0v) is 11.7. The van der Waals surface area contributed by atoms with Crippen LogP contribution in [-0.4, -0.2) is 29.5 Å². The fourth-order valence-electron chi connectivity index (χ4n) is 1.75. The van der Waals surface area contributed by atoms with Crippen molar-refractivity contribution in [3.8, 4) is 17.0 Å². The molecule has 0 spiro atoms. The van der Waals surface area contributed by atoms with Gasteiger partial charge in [0.2, 0.25) is 0 Å². The first-order valence-electron chi connectivity index (χ1n) is 6.28. The van der Waals surface area contributed by atoms with Gasteiger partial charge in [0, 0.05) is 5.56 Å². The maximum Gasteiger partial charge on any atom is 0.426 e. The monoisotopic (exact) mass is 275 g/mol. The van der Waals surface area contributed by atoms with Crippen LogP contribution in [0.5, 0.6) is 5.75 Å². The van der Waals surface area contributed by atoms with Crippen molar-refractivity contribution < 1.29 is 14.3 Å². The first kappa shape index (κ1) is 13.9. The van der Waals surface area contributed by atoms with E-state index in [4.69, 9.17) is 9.47 Å². The van der Waals surface area contributed by atoms with Gasteiger partial charge in [-0.25, -0.2) is 19.9 Å². The highest BCUT2D eigenvalue weighted by Crippen LogP contribution is 2.21. The van der Waals surface area contributed by atoms with Crippen molar-refractivity contribution in [2.45, 2.75) is 13.8 Å². The summed E-state index contributed by atoms with van der Waals surface area (Å²) in [5.74, 6) is 1.46. The lowest BCUT2D eigenvalue weighted by Gasteiger charge is -2.06. The number of imidazole rings is 1. The van der Waals surface area contributed by atoms with E-state index < -0.39 is 6.09 Å². The molecule has 0 atom stereocenters. The second kappa shape index (κ2) is 6.10. The van der Waals surface area contributed by atoms with Gasteiger partial charge >= 0.3 is 6.09 Å². The molecule has 0 saturated carbocycles. The molecule has 0 bridgehead atoms. The van der Waals surface area contributed by atoms with Gasteiger partial charge in [0.15, 0.2) is 0 Å². The van der Waals surface area contributed by atoms with Gasteiger partial charge in [-0.1, -0.05) is 0 Å². The summed E-state index contributed by atoms with van der Waals surface area (Å²) in [6.07, 6.45) is 1.24. The Kier molecular flexibility index (Phi) is 4.24. The van der Waals surface area contributed by atoms with Crippen molar-refractivity contribution in [2.24, 2.45) is 0 Å². The number of aryl methyl sites for hydroxylation is 1. The zero-order valence-electron chi connectivity index (χ0n) is 11.7. The van der Waals surface area contributed by atoms with Gasteiger partial charge in [0.05, 0.1) is 25.6 Å². The molecule has 0 saturated heterocycles. The second-order valence-corrected chi connectivity index (χ2v) is 4.10. The molecule has 2 rings (SSSR count). The number of hydrogen-bond donors (Lipinski definition) is 1. The summed E-state index contributed by atoms with van der Waals surface area (Å²) >= 11 is 0. The van der Waals surface area contributed by atoms with E-state index in [2.05, 4.69) is 10.4 Å². The second-order valence-electron chi connectivity index (χ2n) is 4.10. The predicted octanol–water partition coefficient (Wildman–Crippen LogP) is 2.57. The quantitative estimate of drug-likeness (QED) is 0.931. The SMILES string of the molecule is CCOC(=O)Nn1cc(-c2ccc(OC)cc2)nc1C. The maximum absolute atomic E-state index is 11.4. The topological polar surface area (TPSA) is 65.4 Å². The third-order valence-electron chi connectivity index (χ3n) is 2.76. The minimum atomic E-state index is -0.505. The van der Waals surface area contributed by atoms with E-state index in [1.165, 1.54) is 4.68 Å². The molecule has 1 aromatic carbocycles. The first-order valence-corrected chi connectivity index (χ1v) is 6.28. The Hall–Kier alpha value is -2.50. The van der Waals surface area contributed by atoms with E-state index in [1.54, 1.807) is 27.2 Å². The van der Waals surface area contributed by atoms with Gasteiger partial charge in [0.25, 0.3) is 0 Å². The molecule has 1 N–H and O–H groups in total. The molecule has 106 valence electrons. The number of methoxy groups -OCH3 is 1. The lowest BCUT2D eigenvalue weighted by atomic mass is 10.2. The standard InChI is InChI=1S/C14H17N3O3/c1-4-20-14(18)16-17-9-13(15-10(17)2)11-5-7-12(19-3)8-6-11/h5-9H,4H2,1-3H3,(H,16,18). The number of hydrogen-bond acceptors (Lipinski definition) is 4. The van der Waals surface area contributed by atoms with E-state index in [9.17, 15) is 4.79 Å². The summed E-state index contributed by atoms with van der Waals surface area (Å²) in [6, 6.07) is 7.55. The van der Waals surface area contributed by atoms with Crippen LogP contribution in [0.3, 0.4) is 0 Å². The van der Waals surface area contributed by atoms with Crippen molar-refractivity contribution in [3.63, 3.8) is 0 Å². The number of carbonyl (C=O) groups is 1. The molecule has 0 aliphatic carbocycles. The van der Waals surface area contributed by atoms with E-state index in [-0.39, 0.29) is 0 Å². The van der Waals surface area contributed by atoms with Crippen LogP contribution < -0.4 is 10.2 Å². The number of nitrogens with zero attached hydrogens (tertiary/aromatic N) is 2. The Morgan fingerprint density at radius 3 is 2.65 bits per heavy atom. The van der Waals surface area contributed by atoms with Gasteiger partial charge in [-0.2, -0.15) is 0 Å². The smallest absolute Gasteiger partial charge is 0.426 e. The number of nitrogens with one attached hydrogen (secondary N) is 1. The minimum Gasteiger partial charge on any atom is -0.497 e. The first-order chi connectivity index (χ1) is 9.63. The number of rotatable bonds is 4. The lowest BCUT2D eigenvalue weighted by molar-refractivity contribution is 0.164. The molecule has 2 aromatic rings. The summed E-state index contributed by atoms with van der Waals surface area (Å²) < 4.78 is 11.5. The third kappa shape index (κ3) is 3.09. The normalized spacial score (nSPS) is 10.2. The fourth-order valence-corrected chi connectivity index (χ4v) is 1.75. The Bertz CT molecular complexity index is 590. The van der Waals surface area contributed by atoms with Gasteiger partial charge in [-0.3, -0.25) is 0 Å². The summed E-state index contributed by atoms with van der Waals surface area (Å²) in [6.45, 7) is 3.88. The van der Waals surface area contributed by atoms with Crippen LogP contribution in [0, 0.1) is 6.92 Å². The molecule has 1 amide bonds. The van der Waals surface area contributed by atoms with E-state index >= 15 is 0 Å². The van der Waals surface area contributed by atoms with Gasteiger partial charge in [0.1, 0.15) is 11.6 Å². The molecular formula is C14H17N3O3. The zero-order chi connectivity index (χ0) is 14.5. The average Bonchev–Trinajstić information content (AvgIpc) is 2.80. The maximum atomic E-state index is 11.4. The summed E-state index contributed by atoms with van der Waals surface area (Å²) in [5.41, 5.74) is 4.30. The van der Waals surface area contributed by atoms with Crippen molar-refractivity contribution >= 4 is 6.09 Å². The van der Waals surface area contributed by atoms with Crippen LogP contribution in [0.1, 0.15) is 12.7 Å². The highest BCUT2D eigenvalue weighted by atomic mass is 16.6. The number of benzene rings is 1. The van der Waals surface area contributed by atoms with E-state index in [1.807, 2.05) is 24.3 Å². The number of ether oxygens (including phenoxy) is 2. The fraction of sp³-hybridized carbons (Fsp3) is 0.286. The van der Waals surface area contributed by atoms with Crippen LogP contribution in [0.2, 0.25) is 0 Å². The summed E-state index contributed by atoms with van der Waals surface area (Å²) in [4.78, 5) is 15.8. The number of aromatic nitrogens is 2. The van der Waals surface area contributed by atoms with Crippen LogP contribution in [0.25, 0.3) is 11.3 Å². The third-order valence-corrected chi connectivity index (χ3v) is 2.76. The molecule has 20 heavy (non-hydrogen) atoms. The predicted molar refractivity (Wildman–Crippen MR) is 75.3 cm³/mol. The molecule has 6 nitrogen and oxygen atoms in total. The number of amides is 1. The Morgan fingerprint density at radius 2 is 2.05 bits per heavy atom. The summed E-state index contributed by atoms with van der Waals surface area (Å²) in [5, 5.41) is 0. The van der Waals surface area contributed by atoms with Crippen molar-refractivity contribution in [3.05, 3.63) is 36.3 Å². The highest BCUT2D eigenvalue weighted by molar-refractivity contribution is 5.76. The van der Waals surface area contributed by atoms with Gasteiger partial charge < -0.3 is 9.47 Å². The van der Waals surface area contributed by atoms with E-state index in [0.717, 1.165) is 17.0 Å².